The number of rotatable bonds is 1. The van der Waals surface area contributed by atoms with Crippen molar-refractivity contribution in [1.82, 2.24) is 0 Å². The van der Waals surface area contributed by atoms with Crippen LogP contribution in [-0.2, 0) is 4.79 Å². The normalized spacial score (nSPS) is 17.2. The Morgan fingerprint density at radius 1 is 1.78 bits per heavy atom. The minimum atomic E-state index is -0.418. The van der Waals surface area contributed by atoms with Crippen molar-refractivity contribution in [2.75, 3.05) is 6.54 Å². The van der Waals surface area contributed by atoms with Gasteiger partial charge in [-0.1, -0.05) is 6.08 Å². The number of dihydropyridines is 1. The first-order valence-electron chi connectivity index (χ1n) is 2.70. The van der Waals surface area contributed by atoms with Gasteiger partial charge < -0.3 is 0 Å². The van der Waals surface area contributed by atoms with Gasteiger partial charge in [-0.3, -0.25) is 9.79 Å². The highest BCUT2D eigenvalue weighted by atomic mass is 35.5. The van der Waals surface area contributed by atoms with Gasteiger partial charge >= 0.3 is 0 Å². The van der Waals surface area contributed by atoms with Crippen LogP contribution in [0.1, 0.15) is 6.42 Å². The van der Waals surface area contributed by atoms with Crippen LogP contribution in [0.15, 0.2) is 16.6 Å². The summed E-state index contributed by atoms with van der Waals surface area (Å²) >= 11 is 5.16. The zero-order chi connectivity index (χ0) is 6.69. The van der Waals surface area contributed by atoms with Gasteiger partial charge in [0.25, 0.3) is 5.24 Å². The van der Waals surface area contributed by atoms with E-state index >= 15 is 0 Å². The SMILES string of the molecule is O=C(Cl)C1=CCCN=C1. The molecule has 0 bridgehead atoms. The number of carbonyl (C=O) groups is 1. The molecule has 1 rings (SSSR count). The lowest BCUT2D eigenvalue weighted by Gasteiger charge is -1.98. The lowest BCUT2D eigenvalue weighted by Crippen LogP contribution is -2.00. The molecule has 0 aromatic heterocycles. The standard InChI is InChI=1S/C6H6ClNO/c7-6(9)5-2-1-3-8-4-5/h2,4H,1,3H2. The maximum atomic E-state index is 10.4. The Balaban J connectivity index is 2.69. The lowest BCUT2D eigenvalue weighted by atomic mass is 10.2. The molecule has 0 spiro atoms. The van der Waals surface area contributed by atoms with E-state index in [0.717, 1.165) is 13.0 Å². The molecule has 0 N–H and O–H groups in total. The molecule has 1 aliphatic rings. The highest BCUT2D eigenvalue weighted by molar-refractivity contribution is 6.70. The number of halogens is 1. The lowest BCUT2D eigenvalue weighted by molar-refractivity contribution is -0.108. The number of carbonyl (C=O) groups excluding carboxylic acids is 1. The van der Waals surface area contributed by atoms with Crippen molar-refractivity contribution >= 4 is 23.1 Å². The second kappa shape index (κ2) is 2.78. The third-order valence-electron chi connectivity index (χ3n) is 1.08. The molecule has 1 aliphatic heterocycles. The zero-order valence-electron chi connectivity index (χ0n) is 4.80. The molecule has 0 aliphatic carbocycles. The van der Waals surface area contributed by atoms with Crippen LogP contribution in [0.25, 0.3) is 0 Å². The highest BCUT2D eigenvalue weighted by Gasteiger charge is 2.03. The molecule has 3 heteroatoms. The molecule has 0 radical (unpaired) electrons. The first-order valence-corrected chi connectivity index (χ1v) is 3.08. The molecular formula is C6H6ClNO. The average Bonchev–Trinajstić information content (AvgIpc) is 1.90. The monoisotopic (exact) mass is 143 g/mol. The summed E-state index contributed by atoms with van der Waals surface area (Å²) in [6, 6.07) is 0. The van der Waals surface area contributed by atoms with E-state index in [-0.39, 0.29) is 0 Å². The summed E-state index contributed by atoms with van der Waals surface area (Å²) in [5, 5.41) is -0.418. The molecule has 48 valence electrons. The van der Waals surface area contributed by atoms with Crippen molar-refractivity contribution < 1.29 is 4.79 Å². The van der Waals surface area contributed by atoms with E-state index in [0.29, 0.717) is 5.57 Å². The van der Waals surface area contributed by atoms with Crippen molar-refractivity contribution in [2.45, 2.75) is 6.42 Å². The van der Waals surface area contributed by atoms with Crippen molar-refractivity contribution in [2.24, 2.45) is 4.99 Å². The maximum absolute atomic E-state index is 10.4. The second-order valence-corrected chi connectivity index (χ2v) is 2.10. The van der Waals surface area contributed by atoms with E-state index < -0.39 is 5.24 Å². The van der Waals surface area contributed by atoms with Gasteiger partial charge in [0.15, 0.2) is 0 Å². The third kappa shape index (κ3) is 1.64. The molecule has 0 atom stereocenters. The highest BCUT2D eigenvalue weighted by Crippen LogP contribution is 2.03. The molecule has 0 aromatic carbocycles. The van der Waals surface area contributed by atoms with Crippen LogP contribution in [0, 0.1) is 0 Å². The predicted molar refractivity (Wildman–Crippen MR) is 36.9 cm³/mol. The predicted octanol–water partition coefficient (Wildman–Crippen LogP) is 1.15. The second-order valence-electron chi connectivity index (χ2n) is 1.76. The minimum Gasteiger partial charge on any atom is -0.292 e. The Bertz CT molecular complexity index is 183. The van der Waals surface area contributed by atoms with Gasteiger partial charge in [0, 0.05) is 18.3 Å². The average molecular weight is 144 g/mol. The smallest absolute Gasteiger partial charge is 0.253 e. The van der Waals surface area contributed by atoms with E-state index in [2.05, 4.69) is 4.99 Å². The Morgan fingerprint density at radius 3 is 2.89 bits per heavy atom. The van der Waals surface area contributed by atoms with Crippen LogP contribution < -0.4 is 0 Å². The summed E-state index contributed by atoms with van der Waals surface area (Å²) in [7, 11) is 0. The van der Waals surface area contributed by atoms with Gasteiger partial charge in [0.05, 0.1) is 0 Å². The van der Waals surface area contributed by atoms with Crippen LogP contribution in [-0.4, -0.2) is 18.0 Å². The van der Waals surface area contributed by atoms with Crippen LogP contribution in [0.2, 0.25) is 0 Å². The Labute approximate surface area is 58.2 Å². The molecule has 0 saturated heterocycles. The molecular weight excluding hydrogens is 138 g/mol. The maximum Gasteiger partial charge on any atom is 0.253 e. The van der Waals surface area contributed by atoms with Gasteiger partial charge in [-0.05, 0) is 18.0 Å². The molecule has 0 amide bonds. The van der Waals surface area contributed by atoms with Crippen molar-refractivity contribution in [3.8, 4) is 0 Å². The summed E-state index contributed by atoms with van der Waals surface area (Å²) in [5.74, 6) is 0. The van der Waals surface area contributed by atoms with E-state index in [1.807, 2.05) is 0 Å². The van der Waals surface area contributed by atoms with Crippen molar-refractivity contribution in [1.29, 1.82) is 0 Å². The van der Waals surface area contributed by atoms with E-state index in [1.54, 1.807) is 6.08 Å². The van der Waals surface area contributed by atoms with Gasteiger partial charge in [0.2, 0.25) is 0 Å². The van der Waals surface area contributed by atoms with Crippen molar-refractivity contribution in [3.05, 3.63) is 11.6 Å². The quantitative estimate of drug-likeness (QED) is 0.507. The van der Waals surface area contributed by atoms with Gasteiger partial charge in [-0.25, -0.2) is 0 Å². The van der Waals surface area contributed by atoms with Crippen LogP contribution in [0.5, 0.6) is 0 Å². The Hall–Kier alpha value is -0.630. The Morgan fingerprint density at radius 2 is 2.56 bits per heavy atom. The van der Waals surface area contributed by atoms with Gasteiger partial charge in [0.1, 0.15) is 0 Å². The largest absolute Gasteiger partial charge is 0.292 e. The van der Waals surface area contributed by atoms with E-state index in [1.165, 1.54) is 6.21 Å². The fourth-order valence-electron chi connectivity index (χ4n) is 0.641. The van der Waals surface area contributed by atoms with Crippen LogP contribution in [0.3, 0.4) is 0 Å². The summed E-state index contributed by atoms with van der Waals surface area (Å²) in [6.45, 7) is 0.771. The Kier molecular flexibility index (Phi) is 2.01. The zero-order valence-corrected chi connectivity index (χ0v) is 5.56. The van der Waals surface area contributed by atoms with Gasteiger partial charge in [-0.2, -0.15) is 0 Å². The fraction of sp³-hybridized carbons (Fsp3) is 0.333. The number of aliphatic imine (C=N–C) groups is 1. The molecule has 0 unspecified atom stereocenters. The minimum absolute atomic E-state index is 0.418. The van der Waals surface area contributed by atoms with E-state index in [4.69, 9.17) is 11.6 Å². The van der Waals surface area contributed by atoms with Crippen LogP contribution >= 0.6 is 11.6 Å². The molecule has 9 heavy (non-hydrogen) atoms. The summed E-state index contributed by atoms with van der Waals surface area (Å²) in [6.07, 6.45) is 4.13. The molecule has 0 fully saturated rings. The van der Waals surface area contributed by atoms with Gasteiger partial charge in [-0.15, -0.1) is 0 Å². The summed E-state index contributed by atoms with van der Waals surface area (Å²) < 4.78 is 0. The molecule has 1 heterocycles. The first-order chi connectivity index (χ1) is 4.30. The molecule has 0 saturated carbocycles. The van der Waals surface area contributed by atoms with Crippen LogP contribution in [0.4, 0.5) is 0 Å². The third-order valence-corrected chi connectivity index (χ3v) is 1.30. The van der Waals surface area contributed by atoms with E-state index in [9.17, 15) is 4.79 Å². The topological polar surface area (TPSA) is 29.4 Å². The van der Waals surface area contributed by atoms with Crippen molar-refractivity contribution in [3.63, 3.8) is 0 Å². The molecule has 2 nitrogen and oxygen atoms in total. The number of hydrogen-bond acceptors (Lipinski definition) is 2. The number of nitrogens with zero attached hydrogens (tertiary/aromatic N) is 1. The first kappa shape index (κ1) is 6.49. The number of hydrogen-bond donors (Lipinski definition) is 0. The number of allylic oxidation sites excluding steroid dienone is 1. The summed E-state index contributed by atoms with van der Waals surface area (Å²) in [5.41, 5.74) is 0.517. The fourth-order valence-corrected chi connectivity index (χ4v) is 0.767. The molecule has 0 aromatic rings. The summed E-state index contributed by atoms with van der Waals surface area (Å²) in [4.78, 5) is 14.3.